The van der Waals surface area contributed by atoms with Gasteiger partial charge in [0.15, 0.2) is 0 Å². The molecular formula is C19H22N5O3P. The fraction of sp³-hybridized carbons (Fsp3) is 0.421. The molecule has 0 bridgehead atoms. The lowest BCUT2D eigenvalue weighted by atomic mass is 9.79. The number of nitriles is 3. The van der Waals surface area contributed by atoms with Gasteiger partial charge in [0.25, 0.3) is 0 Å². The van der Waals surface area contributed by atoms with E-state index < -0.39 is 19.1 Å². The van der Waals surface area contributed by atoms with Crippen molar-refractivity contribution in [2.45, 2.75) is 26.8 Å². The zero-order chi connectivity index (χ0) is 20.9. The average molecular weight is 399 g/mol. The molecule has 146 valence electrons. The van der Waals surface area contributed by atoms with Gasteiger partial charge >= 0.3 is 7.60 Å². The third kappa shape index (κ3) is 3.61. The predicted octanol–water partition coefficient (Wildman–Crippen LogP) is 3.18. The summed E-state index contributed by atoms with van der Waals surface area (Å²) in [7, 11) is -3.64. The summed E-state index contributed by atoms with van der Waals surface area (Å²) in [5.41, 5.74) is 5.72. The molecule has 0 saturated carbocycles. The van der Waals surface area contributed by atoms with E-state index in [2.05, 4.69) is 0 Å². The van der Waals surface area contributed by atoms with Crippen LogP contribution in [0.1, 0.15) is 19.4 Å². The first-order chi connectivity index (χ1) is 13.3. The molecule has 1 aliphatic heterocycles. The number of rotatable bonds is 7. The molecule has 1 aliphatic rings. The van der Waals surface area contributed by atoms with E-state index in [1.54, 1.807) is 26.0 Å². The fourth-order valence-corrected chi connectivity index (χ4v) is 5.21. The third-order valence-corrected chi connectivity index (χ3v) is 6.64. The third-order valence-electron chi connectivity index (χ3n) is 4.55. The molecule has 0 aromatic heterocycles. The smallest absolute Gasteiger partial charge is 0.332 e. The summed E-state index contributed by atoms with van der Waals surface area (Å²) in [5, 5.41) is 29.3. The van der Waals surface area contributed by atoms with Crippen LogP contribution < -0.4 is 10.6 Å². The van der Waals surface area contributed by atoms with E-state index in [0.29, 0.717) is 5.69 Å². The van der Waals surface area contributed by atoms with Crippen LogP contribution in [-0.2, 0) is 13.6 Å². The zero-order valence-electron chi connectivity index (χ0n) is 16.0. The molecule has 0 radical (unpaired) electrons. The minimum absolute atomic E-state index is 0.0148. The second-order valence-electron chi connectivity index (χ2n) is 6.25. The summed E-state index contributed by atoms with van der Waals surface area (Å²) < 4.78 is 23.9. The maximum absolute atomic E-state index is 13.2. The van der Waals surface area contributed by atoms with Gasteiger partial charge < -0.3 is 19.7 Å². The molecule has 9 heteroatoms. The first kappa shape index (κ1) is 21.5. The van der Waals surface area contributed by atoms with Crippen LogP contribution in [0.5, 0.6) is 0 Å². The van der Waals surface area contributed by atoms with E-state index >= 15 is 0 Å². The predicted molar refractivity (Wildman–Crippen MR) is 104 cm³/mol. The Bertz CT molecular complexity index is 912. The number of nitrogens with zero attached hydrogens (tertiary/aromatic N) is 4. The summed E-state index contributed by atoms with van der Waals surface area (Å²) >= 11 is 0. The van der Waals surface area contributed by atoms with Crippen molar-refractivity contribution in [2.75, 3.05) is 24.3 Å². The van der Waals surface area contributed by atoms with Crippen molar-refractivity contribution in [2.24, 2.45) is 11.1 Å². The lowest BCUT2D eigenvalue weighted by molar-refractivity contribution is 0.217. The minimum Gasteiger partial charge on any atom is -0.384 e. The summed E-state index contributed by atoms with van der Waals surface area (Å²) in [4.78, 5) is 1.51. The van der Waals surface area contributed by atoms with E-state index in [1.807, 2.05) is 37.3 Å². The van der Waals surface area contributed by atoms with Crippen LogP contribution in [0, 0.1) is 46.3 Å². The van der Waals surface area contributed by atoms with Crippen molar-refractivity contribution in [3.63, 3.8) is 0 Å². The van der Waals surface area contributed by atoms with Crippen molar-refractivity contribution < 1.29 is 13.6 Å². The second kappa shape index (κ2) is 8.46. The van der Waals surface area contributed by atoms with Gasteiger partial charge in [-0.15, -0.1) is 0 Å². The van der Waals surface area contributed by atoms with E-state index in [1.165, 1.54) is 4.90 Å². The zero-order valence-corrected chi connectivity index (χ0v) is 16.9. The molecule has 28 heavy (non-hydrogen) atoms. The van der Waals surface area contributed by atoms with Crippen LogP contribution in [-0.4, -0.2) is 25.4 Å². The van der Waals surface area contributed by atoms with Gasteiger partial charge in [0.05, 0.1) is 37.6 Å². The number of nitrogens with two attached hydrogens (primary N) is 1. The lowest BCUT2D eigenvalue weighted by Gasteiger charge is -2.33. The Morgan fingerprint density at radius 3 is 2.11 bits per heavy atom. The Labute approximate surface area is 164 Å². The van der Waals surface area contributed by atoms with Crippen LogP contribution in [0.2, 0.25) is 0 Å². The first-order valence-electron chi connectivity index (χ1n) is 8.79. The van der Waals surface area contributed by atoms with Gasteiger partial charge in [-0.3, -0.25) is 4.57 Å². The van der Waals surface area contributed by atoms with Crippen LogP contribution in [0.3, 0.4) is 0 Å². The highest BCUT2D eigenvalue weighted by Gasteiger charge is 2.57. The van der Waals surface area contributed by atoms with Crippen LogP contribution in [0.25, 0.3) is 0 Å². The molecule has 2 N–H and O–H groups in total. The van der Waals surface area contributed by atoms with E-state index in [-0.39, 0.29) is 30.8 Å². The van der Waals surface area contributed by atoms with Gasteiger partial charge in [0.1, 0.15) is 17.5 Å². The average Bonchev–Trinajstić information content (AvgIpc) is 2.90. The van der Waals surface area contributed by atoms with Crippen LogP contribution in [0.15, 0.2) is 35.7 Å². The summed E-state index contributed by atoms with van der Waals surface area (Å²) in [5.74, 6) is -0.0148. The van der Waals surface area contributed by atoms with Crippen molar-refractivity contribution in [3.8, 4) is 18.2 Å². The van der Waals surface area contributed by atoms with Gasteiger partial charge in [-0.2, -0.15) is 15.8 Å². The molecule has 2 rings (SSSR count). The summed E-state index contributed by atoms with van der Waals surface area (Å²) in [6.45, 7) is 5.53. The fourth-order valence-electron chi connectivity index (χ4n) is 3.27. The van der Waals surface area contributed by atoms with Gasteiger partial charge in [-0.25, -0.2) is 0 Å². The quantitative estimate of drug-likeness (QED) is 0.690. The highest BCUT2D eigenvalue weighted by atomic mass is 31.2. The normalized spacial score (nSPS) is 18.4. The second-order valence-corrected chi connectivity index (χ2v) is 8.36. The molecule has 1 heterocycles. The van der Waals surface area contributed by atoms with Crippen LogP contribution >= 0.6 is 7.60 Å². The maximum Gasteiger partial charge on any atom is 0.332 e. The van der Waals surface area contributed by atoms with Gasteiger partial charge in [-0.05, 0) is 32.9 Å². The Morgan fingerprint density at radius 2 is 1.68 bits per heavy atom. The number of anilines is 1. The Balaban J connectivity index is 2.67. The molecule has 1 atom stereocenters. The number of aryl methyl sites for hydroxylation is 1. The molecule has 8 nitrogen and oxygen atoms in total. The van der Waals surface area contributed by atoms with E-state index in [0.717, 1.165) is 5.56 Å². The van der Waals surface area contributed by atoms with E-state index in [4.69, 9.17) is 14.8 Å². The highest BCUT2D eigenvalue weighted by molar-refractivity contribution is 7.53. The minimum atomic E-state index is -3.64. The van der Waals surface area contributed by atoms with Gasteiger partial charge in [0.2, 0.25) is 5.41 Å². The Kier molecular flexibility index (Phi) is 6.49. The molecule has 0 spiro atoms. The number of benzene rings is 1. The van der Waals surface area contributed by atoms with Gasteiger partial charge in [0, 0.05) is 5.69 Å². The molecule has 1 aromatic rings. The topological polar surface area (TPSA) is 136 Å². The molecule has 0 aliphatic carbocycles. The van der Waals surface area contributed by atoms with Crippen LogP contribution in [0.4, 0.5) is 5.69 Å². The monoisotopic (exact) mass is 399 g/mol. The number of hydrogen-bond donors (Lipinski definition) is 1. The molecule has 1 aromatic carbocycles. The Morgan fingerprint density at radius 1 is 1.14 bits per heavy atom. The van der Waals surface area contributed by atoms with E-state index in [9.17, 15) is 20.4 Å². The number of hydrogen-bond acceptors (Lipinski definition) is 8. The molecule has 0 unspecified atom stereocenters. The molecule has 0 fully saturated rings. The van der Waals surface area contributed by atoms with Crippen molar-refractivity contribution in [1.29, 1.82) is 15.8 Å². The standard InChI is InChI=1S/C19H22N5O3P/c1-4-26-28(25,27-5-2)11-17-19(12-21,13-22)16(10-20)18(23)24(17)15-8-6-14(3)7-9-15/h6-9,17H,4-5,11,23H2,1-3H3/t17-/m0/s1. The molecule has 0 saturated heterocycles. The van der Waals surface area contributed by atoms with Crippen molar-refractivity contribution in [3.05, 3.63) is 41.2 Å². The molecule has 0 amide bonds. The van der Waals surface area contributed by atoms with Crippen molar-refractivity contribution in [1.82, 2.24) is 0 Å². The largest absolute Gasteiger partial charge is 0.384 e. The highest BCUT2D eigenvalue weighted by Crippen LogP contribution is 2.55. The van der Waals surface area contributed by atoms with Crippen molar-refractivity contribution >= 4 is 13.3 Å². The SMILES string of the molecule is CCOP(=O)(C[C@@H]1N(c2ccc(C)cc2)C(N)=C(C#N)C1(C#N)C#N)OCC. The van der Waals surface area contributed by atoms with Gasteiger partial charge in [-0.1, -0.05) is 17.7 Å². The maximum atomic E-state index is 13.2. The summed E-state index contributed by atoms with van der Waals surface area (Å²) in [6, 6.07) is 12.0. The lowest BCUT2D eigenvalue weighted by Crippen LogP contribution is -2.44. The first-order valence-corrected chi connectivity index (χ1v) is 10.5. The summed E-state index contributed by atoms with van der Waals surface area (Å²) in [6.07, 6.45) is -0.268. The Hall–Kier alpha value is -2.82. The molecular weight excluding hydrogens is 377 g/mol.